The second kappa shape index (κ2) is 11.4. The number of fused-ring (bicyclic) bond motifs is 1. The fourth-order valence-corrected chi connectivity index (χ4v) is 5.11. The van der Waals surface area contributed by atoms with E-state index in [0.29, 0.717) is 43.4 Å². The van der Waals surface area contributed by atoms with Crippen molar-refractivity contribution in [2.24, 2.45) is 4.99 Å². The Labute approximate surface area is 217 Å². The summed E-state index contributed by atoms with van der Waals surface area (Å²) in [5, 5.41) is 0. The van der Waals surface area contributed by atoms with Crippen LogP contribution in [0.1, 0.15) is 24.1 Å². The van der Waals surface area contributed by atoms with Crippen LogP contribution in [0.3, 0.4) is 0 Å². The summed E-state index contributed by atoms with van der Waals surface area (Å²) in [4.78, 5) is 32.1. The predicted molar refractivity (Wildman–Crippen MR) is 139 cm³/mol. The van der Waals surface area contributed by atoms with Gasteiger partial charge < -0.3 is 23.7 Å². The molecule has 1 unspecified atom stereocenters. The minimum Gasteiger partial charge on any atom is -0.497 e. The van der Waals surface area contributed by atoms with Crippen molar-refractivity contribution in [3.8, 4) is 17.2 Å². The number of methoxy groups -OCH3 is 4. The van der Waals surface area contributed by atoms with Gasteiger partial charge in [-0.15, -0.1) is 0 Å². The van der Waals surface area contributed by atoms with Crippen LogP contribution in [0, 0.1) is 0 Å². The normalized spacial score (nSPS) is 15.2. The molecule has 0 bridgehead atoms. The van der Waals surface area contributed by atoms with Crippen LogP contribution in [-0.2, 0) is 14.3 Å². The maximum absolute atomic E-state index is 13.8. The first-order valence-electron chi connectivity index (χ1n) is 11.5. The third-order valence-electron chi connectivity index (χ3n) is 5.92. The molecule has 0 amide bonds. The summed E-state index contributed by atoms with van der Waals surface area (Å²) in [6.45, 7) is 2.08. The molecule has 0 spiro atoms. The molecule has 194 valence electrons. The number of hydrogen-bond donors (Lipinski definition) is 0. The van der Waals surface area contributed by atoms with Crippen LogP contribution in [0.5, 0.6) is 17.2 Å². The van der Waals surface area contributed by atoms with Crippen LogP contribution in [0.2, 0.25) is 0 Å². The van der Waals surface area contributed by atoms with Crippen LogP contribution in [0.25, 0.3) is 6.08 Å². The summed E-state index contributed by atoms with van der Waals surface area (Å²) in [7, 11) is 6.24. The summed E-state index contributed by atoms with van der Waals surface area (Å²) < 4.78 is 28.5. The number of esters is 1. The maximum Gasteiger partial charge on any atom is 0.338 e. The highest BCUT2D eigenvalue weighted by Crippen LogP contribution is 2.32. The Hall–Kier alpha value is -3.89. The third kappa shape index (κ3) is 5.30. The molecule has 4 rings (SSSR count). The first-order chi connectivity index (χ1) is 17.9. The molecule has 9 nitrogen and oxygen atoms in total. The van der Waals surface area contributed by atoms with Gasteiger partial charge in [-0.3, -0.25) is 9.36 Å². The van der Waals surface area contributed by atoms with E-state index in [1.807, 2.05) is 12.1 Å². The van der Waals surface area contributed by atoms with Gasteiger partial charge in [-0.2, -0.15) is 0 Å². The Morgan fingerprint density at radius 1 is 1.00 bits per heavy atom. The number of nitrogens with zero attached hydrogens (tertiary/aromatic N) is 2. The number of aromatic nitrogens is 1. The average molecular weight is 525 g/mol. The molecule has 3 aromatic rings. The van der Waals surface area contributed by atoms with Gasteiger partial charge in [0.25, 0.3) is 5.56 Å². The largest absolute Gasteiger partial charge is 0.497 e. The van der Waals surface area contributed by atoms with Crippen molar-refractivity contribution in [3.05, 3.63) is 84.5 Å². The number of ether oxygens (including phenoxy) is 5. The summed E-state index contributed by atoms with van der Waals surface area (Å²) in [6, 6.07) is 11.9. The van der Waals surface area contributed by atoms with Crippen molar-refractivity contribution < 1.29 is 28.5 Å². The van der Waals surface area contributed by atoms with Crippen molar-refractivity contribution in [1.82, 2.24) is 4.57 Å². The van der Waals surface area contributed by atoms with Crippen molar-refractivity contribution in [2.75, 3.05) is 41.7 Å². The summed E-state index contributed by atoms with van der Waals surface area (Å²) in [6.07, 6.45) is 1.74. The van der Waals surface area contributed by atoms with Gasteiger partial charge in [0.15, 0.2) is 4.80 Å². The van der Waals surface area contributed by atoms with Gasteiger partial charge in [-0.05, 0) is 48.9 Å². The Balaban J connectivity index is 1.90. The highest BCUT2D eigenvalue weighted by Gasteiger charge is 2.33. The fraction of sp³-hybridized carbons (Fsp3) is 0.296. The van der Waals surface area contributed by atoms with Crippen LogP contribution in [-0.4, -0.2) is 52.2 Å². The van der Waals surface area contributed by atoms with Gasteiger partial charge in [0, 0.05) is 12.7 Å². The second-order valence-corrected chi connectivity index (χ2v) is 9.10. The van der Waals surface area contributed by atoms with E-state index in [1.54, 1.807) is 64.7 Å². The number of hydrogen-bond acceptors (Lipinski definition) is 9. The monoisotopic (exact) mass is 524 g/mol. The van der Waals surface area contributed by atoms with E-state index < -0.39 is 12.0 Å². The lowest BCUT2D eigenvalue weighted by Gasteiger charge is -2.25. The third-order valence-corrected chi connectivity index (χ3v) is 6.90. The van der Waals surface area contributed by atoms with E-state index in [-0.39, 0.29) is 18.8 Å². The quantitative estimate of drug-likeness (QED) is 0.313. The average Bonchev–Trinajstić information content (AvgIpc) is 3.21. The lowest BCUT2D eigenvalue weighted by molar-refractivity contribution is -0.140. The molecule has 1 aliphatic heterocycles. The van der Waals surface area contributed by atoms with Crippen LogP contribution >= 0.6 is 11.3 Å². The van der Waals surface area contributed by atoms with E-state index in [1.165, 1.54) is 23.0 Å². The lowest BCUT2D eigenvalue weighted by atomic mass is 9.96. The van der Waals surface area contributed by atoms with E-state index in [9.17, 15) is 9.59 Å². The molecule has 2 aromatic carbocycles. The van der Waals surface area contributed by atoms with Crippen molar-refractivity contribution in [2.45, 2.75) is 13.0 Å². The molecule has 1 aromatic heterocycles. The molecule has 37 heavy (non-hydrogen) atoms. The number of carbonyl (C=O) groups is 1. The minimum absolute atomic E-state index is 0.0848. The van der Waals surface area contributed by atoms with E-state index in [2.05, 4.69) is 4.99 Å². The van der Waals surface area contributed by atoms with Crippen LogP contribution < -0.4 is 29.1 Å². The van der Waals surface area contributed by atoms with E-state index in [4.69, 9.17) is 23.7 Å². The zero-order valence-corrected chi connectivity index (χ0v) is 22.1. The van der Waals surface area contributed by atoms with Gasteiger partial charge in [0.2, 0.25) is 0 Å². The number of thiazole rings is 1. The lowest BCUT2D eigenvalue weighted by Crippen LogP contribution is -2.40. The SMILES string of the molecule is COCCOC(=O)C1=C(C)N=c2s/c(=C/c3cc(OC)ccc3OC)c(=O)n2C1c1ccc(OC)cc1. The van der Waals surface area contributed by atoms with Gasteiger partial charge in [0.05, 0.1) is 49.8 Å². The van der Waals surface area contributed by atoms with Crippen molar-refractivity contribution in [3.63, 3.8) is 0 Å². The Morgan fingerprint density at radius 2 is 1.70 bits per heavy atom. The van der Waals surface area contributed by atoms with E-state index >= 15 is 0 Å². The zero-order chi connectivity index (χ0) is 26.5. The smallest absolute Gasteiger partial charge is 0.338 e. The second-order valence-electron chi connectivity index (χ2n) is 8.09. The van der Waals surface area contributed by atoms with E-state index in [0.717, 1.165) is 5.56 Å². The maximum atomic E-state index is 13.8. The molecule has 1 atom stereocenters. The van der Waals surface area contributed by atoms with Gasteiger partial charge in [-0.1, -0.05) is 23.5 Å². The highest BCUT2D eigenvalue weighted by molar-refractivity contribution is 7.07. The highest BCUT2D eigenvalue weighted by atomic mass is 32.1. The first-order valence-corrected chi connectivity index (χ1v) is 12.3. The van der Waals surface area contributed by atoms with Crippen LogP contribution in [0.4, 0.5) is 0 Å². The standard InChI is InChI=1S/C27H28N2O7S/c1-16-23(26(31)36-13-12-32-2)24(17-6-8-19(33-3)9-7-17)29-25(30)22(37-27(29)28-16)15-18-14-20(34-4)10-11-21(18)35-5/h6-11,14-15,24H,12-13H2,1-5H3/b22-15+. The molecule has 10 heteroatoms. The number of allylic oxidation sites excluding steroid dienone is 1. The number of benzene rings is 2. The Morgan fingerprint density at radius 3 is 2.35 bits per heavy atom. The van der Waals surface area contributed by atoms with Gasteiger partial charge in [0.1, 0.15) is 23.9 Å². The fourth-order valence-electron chi connectivity index (χ4n) is 4.07. The summed E-state index contributed by atoms with van der Waals surface area (Å²) >= 11 is 1.24. The molecule has 0 N–H and O–H groups in total. The Kier molecular flexibility index (Phi) is 8.10. The predicted octanol–water partition coefficient (Wildman–Crippen LogP) is 2.45. The minimum atomic E-state index is -0.730. The van der Waals surface area contributed by atoms with Crippen LogP contribution in [0.15, 0.2) is 63.5 Å². The van der Waals surface area contributed by atoms with Gasteiger partial charge >= 0.3 is 5.97 Å². The first kappa shape index (κ1) is 26.2. The molecule has 0 aliphatic carbocycles. The topological polar surface area (TPSA) is 97.6 Å². The van der Waals surface area contributed by atoms with Crippen molar-refractivity contribution in [1.29, 1.82) is 0 Å². The number of rotatable bonds is 9. The molecule has 0 saturated heterocycles. The molecule has 2 heterocycles. The van der Waals surface area contributed by atoms with Gasteiger partial charge in [-0.25, -0.2) is 9.79 Å². The molecule has 0 saturated carbocycles. The molecule has 1 aliphatic rings. The zero-order valence-electron chi connectivity index (χ0n) is 21.3. The molecular formula is C27H28N2O7S. The molecule has 0 fully saturated rings. The summed E-state index contributed by atoms with van der Waals surface area (Å²) in [5.41, 5.74) is 1.89. The number of carbonyl (C=O) groups excluding carboxylic acids is 1. The molecular weight excluding hydrogens is 496 g/mol. The molecule has 0 radical (unpaired) electrons. The summed E-state index contributed by atoms with van der Waals surface area (Å²) in [5.74, 6) is 1.33. The van der Waals surface area contributed by atoms with Crippen molar-refractivity contribution >= 4 is 23.4 Å². The Bertz CT molecular complexity index is 1500.